The maximum atomic E-state index is 11.4. The molecule has 2 aromatic rings. The number of carbonyl (C=O) groups is 1. The summed E-state index contributed by atoms with van der Waals surface area (Å²) in [6.07, 6.45) is -0.0974. The van der Waals surface area contributed by atoms with Gasteiger partial charge in [-0.2, -0.15) is 5.10 Å². The van der Waals surface area contributed by atoms with E-state index in [0.29, 0.717) is 28.6 Å². The van der Waals surface area contributed by atoms with E-state index in [2.05, 4.69) is 15.1 Å². The first kappa shape index (κ1) is 13.0. The summed E-state index contributed by atoms with van der Waals surface area (Å²) in [5.74, 6) is -0.0471. The molecule has 0 atom stereocenters. The summed E-state index contributed by atoms with van der Waals surface area (Å²) in [5.41, 5.74) is 1.68. The van der Waals surface area contributed by atoms with Gasteiger partial charge in [0.25, 0.3) is 5.56 Å². The summed E-state index contributed by atoms with van der Waals surface area (Å²) in [6.45, 7) is 5.17. The Morgan fingerprint density at radius 3 is 2.68 bits per heavy atom. The lowest BCUT2D eigenvalue weighted by atomic mass is 10.1. The van der Waals surface area contributed by atoms with Crippen LogP contribution in [-0.2, 0) is 11.2 Å². The number of carboxylic acids is 1. The molecule has 19 heavy (non-hydrogen) atoms. The summed E-state index contributed by atoms with van der Waals surface area (Å²) in [7, 11) is 0. The van der Waals surface area contributed by atoms with Crippen LogP contribution in [0.25, 0.3) is 5.82 Å². The summed E-state index contributed by atoms with van der Waals surface area (Å²) in [6, 6.07) is 1.33. The summed E-state index contributed by atoms with van der Waals surface area (Å²) < 4.78 is 1.50. The molecule has 2 rings (SSSR count). The van der Waals surface area contributed by atoms with Crippen molar-refractivity contribution in [3.05, 3.63) is 39.2 Å². The number of H-pyrrole nitrogens is 1. The van der Waals surface area contributed by atoms with Gasteiger partial charge < -0.3 is 10.1 Å². The fourth-order valence-electron chi connectivity index (χ4n) is 1.98. The highest BCUT2D eigenvalue weighted by Crippen LogP contribution is 2.16. The number of hydrogen-bond acceptors (Lipinski definition) is 4. The molecule has 100 valence electrons. The van der Waals surface area contributed by atoms with Crippen LogP contribution in [0.5, 0.6) is 0 Å². The van der Waals surface area contributed by atoms with Crippen molar-refractivity contribution >= 4 is 5.97 Å². The second-order valence-corrected chi connectivity index (χ2v) is 4.32. The van der Waals surface area contributed by atoms with Crippen LogP contribution in [0.2, 0.25) is 0 Å². The second kappa shape index (κ2) is 4.68. The lowest BCUT2D eigenvalue weighted by Crippen LogP contribution is -2.13. The molecule has 0 spiro atoms. The molecule has 0 saturated carbocycles. The molecular weight excluding hydrogens is 248 g/mol. The van der Waals surface area contributed by atoms with E-state index in [4.69, 9.17) is 5.11 Å². The van der Waals surface area contributed by atoms with Gasteiger partial charge in [-0.3, -0.25) is 9.59 Å². The number of aliphatic carboxylic acids is 1. The molecule has 0 aliphatic heterocycles. The summed E-state index contributed by atoms with van der Waals surface area (Å²) in [4.78, 5) is 29.0. The van der Waals surface area contributed by atoms with Crippen LogP contribution < -0.4 is 5.56 Å². The van der Waals surface area contributed by atoms with E-state index in [-0.39, 0.29) is 12.0 Å². The average Bonchev–Trinajstić information content (AvgIpc) is 2.55. The standard InChI is InChI=1S/C12H14N4O3/c1-6-9(4-12(18)19)7(2)16(15-6)10-5-11(17)14-8(3)13-10/h5H,4H2,1-3H3,(H,18,19)(H,13,14,17). The quantitative estimate of drug-likeness (QED) is 0.839. The first-order valence-electron chi connectivity index (χ1n) is 5.73. The molecule has 0 saturated heterocycles. The number of aromatic nitrogens is 4. The van der Waals surface area contributed by atoms with Crippen molar-refractivity contribution in [2.24, 2.45) is 0 Å². The van der Waals surface area contributed by atoms with Crippen molar-refractivity contribution in [2.75, 3.05) is 0 Å². The largest absolute Gasteiger partial charge is 0.481 e. The maximum Gasteiger partial charge on any atom is 0.307 e. The van der Waals surface area contributed by atoms with Gasteiger partial charge in [-0.15, -0.1) is 0 Å². The van der Waals surface area contributed by atoms with E-state index in [9.17, 15) is 9.59 Å². The minimum absolute atomic E-state index is 0.0974. The Morgan fingerprint density at radius 2 is 2.11 bits per heavy atom. The molecule has 2 N–H and O–H groups in total. The molecule has 0 aromatic carbocycles. The average molecular weight is 262 g/mol. The van der Waals surface area contributed by atoms with E-state index < -0.39 is 5.97 Å². The number of hydrogen-bond donors (Lipinski definition) is 2. The van der Waals surface area contributed by atoms with Gasteiger partial charge in [-0.25, -0.2) is 9.67 Å². The number of rotatable bonds is 3. The van der Waals surface area contributed by atoms with E-state index >= 15 is 0 Å². The number of carboxylic acid groups (broad SMARTS) is 1. The highest BCUT2D eigenvalue weighted by atomic mass is 16.4. The van der Waals surface area contributed by atoms with Crippen molar-refractivity contribution in [1.29, 1.82) is 0 Å². The number of aromatic amines is 1. The van der Waals surface area contributed by atoms with Gasteiger partial charge in [0.1, 0.15) is 5.82 Å². The van der Waals surface area contributed by atoms with Crippen LogP contribution in [0.4, 0.5) is 0 Å². The van der Waals surface area contributed by atoms with Crippen molar-refractivity contribution in [3.8, 4) is 5.82 Å². The van der Waals surface area contributed by atoms with Crippen LogP contribution >= 0.6 is 0 Å². The third-order valence-corrected chi connectivity index (χ3v) is 2.83. The highest BCUT2D eigenvalue weighted by molar-refractivity contribution is 5.71. The van der Waals surface area contributed by atoms with Crippen molar-refractivity contribution in [3.63, 3.8) is 0 Å². The topological polar surface area (TPSA) is 101 Å². The molecule has 2 heterocycles. The Kier molecular flexibility index (Phi) is 3.20. The zero-order valence-electron chi connectivity index (χ0n) is 10.9. The Morgan fingerprint density at radius 1 is 1.42 bits per heavy atom. The highest BCUT2D eigenvalue weighted by Gasteiger charge is 2.16. The molecule has 2 aromatic heterocycles. The van der Waals surface area contributed by atoms with Crippen molar-refractivity contribution < 1.29 is 9.90 Å². The third-order valence-electron chi connectivity index (χ3n) is 2.83. The Bertz CT molecular complexity index is 699. The number of nitrogens with zero attached hydrogens (tertiary/aromatic N) is 3. The van der Waals surface area contributed by atoms with Crippen LogP contribution in [0.1, 0.15) is 22.8 Å². The molecule has 0 unspecified atom stereocenters. The SMILES string of the molecule is Cc1nc(-n2nc(C)c(CC(=O)O)c2C)cc(=O)[nH]1. The van der Waals surface area contributed by atoms with Gasteiger partial charge >= 0.3 is 5.97 Å². The fraction of sp³-hybridized carbons (Fsp3) is 0.333. The van der Waals surface area contributed by atoms with Gasteiger partial charge in [0.2, 0.25) is 0 Å². The molecule has 0 amide bonds. The molecule has 7 nitrogen and oxygen atoms in total. The van der Waals surface area contributed by atoms with Crippen LogP contribution in [0.15, 0.2) is 10.9 Å². The van der Waals surface area contributed by atoms with Crippen molar-refractivity contribution in [2.45, 2.75) is 27.2 Å². The predicted molar refractivity (Wildman–Crippen MR) is 67.5 cm³/mol. The zero-order valence-corrected chi connectivity index (χ0v) is 10.9. The van der Waals surface area contributed by atoms with E-state index in [1.165, 1.54) is 10.7 Å². The minimum Gasteiger partial charge on any atom is -0.481 e. The van der Waals surface area contributed by atoms with Gasteiger partial charge in [-0.1, -0.05) is 0 Å². The first-order valence-corrected chi connectivity index (χ1v) is 5.73. The van der Waals surface area contributed by atoms with Crippen LogP contribution in [0, 0.1) is 20.8 Å². The summed E-state index contributed by atoms with van der Waals surface area (Å²) >= 11 is 0. The van der Waals surface area contributed by atoms with Crippen LogP contribution in [-0.4, -0.2) is 30.8 Å². The van der Waals surface area contributed by atoms with Crippen LogP contribution in [0.3, 0.4) is 0 Å². The van der Waals surface area contributed by atoms with Gasteiger partial charge in [0, 0.05) is 17.3 Å². The fourth-order valence-corrected chi connectivity index (χ4v) is 1.98. The monoisotopic (exact) mass is 262 g/mol. The van der Waals surface area contributed by atoms with Gasteiger partial charge in [-0.05, 0) is 20.8 Å². The Hall–Kier alpha value is -2.44. The van der Waals surface area contributed by atoms with E-state index in [1.54, 1.807) is 20.8 Å². The third kappa shape index (κ3) is 2.54. The molecule has 0 bridgehead atoms. The van der Waals surface area contributed by atoms with E-state index in [1.807, 2.05) is 0 Å². The Labute approximate surface area is 108 Å². The number of nitrogens with one attached hydrogen (secondary N) is 1. The normalized spacial score (nSPS) is 10.7. The Balaban J connectivity index is 2.57. The molecular formula is C12H14N4O3. The predicted octanol–water partition coefficient (Wildman–Crippen LogP) is 0.508. The van der Waals surface area contributed by atoms with Crippen molar-refractivity contribution in [1.82, 2.24) is 19.7 Å². The van der Waals surface area contributed by atoms with Gasteiger partial charge in [0.15, 0.2) is 5.82 Å². The smallest absolute Gasteiger partial charge is 0.307 e. The first-order chi connectivity index (χ1) is 8.88. The lowest BCUT2D eigenvalue weighted by molar-refractivity contribution is -0.136. The molecule has 0 aliphatic rings. The molecule has 0 fully saturated rings. The lowest BCUT2D eigenvalue weighted by Gasteiger charge is -2.04. The summed E-state index contributed by atoms with van der Waals surface area (Å²) in [5, 5.41) is 13.1. The molecule has 0 aliphatic carbocycles. The van der Waals surface area contributed by atoms with Gasteiger partial charge in [0.05, 0.1) is 12.1 Å². The second-order valence-electron chi connectivity index (χ2n) is 4.32. The minimum atomic E-state index is -0.916. The van der Waals surface area contributed by atoms with E-state index in [0.717, 1.165) is 0 Å². The maximum absolute atomic E-state index is 11.4. The number of aryl methyl sites for hydroxylation is 2. The molecule has 7 heteroatoms. The molecule has 0 radical (unpaired) electrons. The zero-order chi connectivity index (χ0) is 14.2.